The highest BCUT2D eigenvalue weighted by molar-refractivity contribution is 5.89. The first-order valence-electron chi connectivity index (χ1n) is 7.49. The second-order valence-electron chi connectivity index (χ2n) is 5.40. The van der Waals surface area contributed by atoms with Gasteiger partial charge in [0, 0.05) is 5.56 Å². The van der Waals surface area contributed by atoms with Gasteiger partial charge in [0.25, 0.3) is 0 Å². The largest absolute Gasteiger partial charge is 0.457 e. The molecule has 2 aromatic carbocycles. The molecule has 0 radical (unpaired) electrons. The van der Waals surface area contributed by atoms with Crippen LogP contribution < -0.4 is 0 Å². The van der Waals surface area contributed by atoms with Crippen LogP contribution in [-0.4, -0.2) is 0 Å². The summed E-state index contributed by atoms with van der Waals surface area (Å²) in [6.07, 6.45) is 1.71. The topological polar surface area (TPSA) is 60.7 Å². The summed E-state index contributed by atoms with van der Waals surface area (Å²) in [7, 11) is 0. The molecule has 0 aliphatic carbocycles. The number of rotatable bonds is 3. The molecule has 0 unspecified atom stereocenters. The fraction of sp³-hybridized carbons (Fsp3) is 0.0476. The molecule has 0 amide bonds. The van der Waals surface area contributed by atoms with Gasteiger partial charge in [-0.25, -0.2) is 0 Å². The van der Waals surface area contributed by atoms with E-state index in [2.05, 4.69) is 12.1 Å². The van der Waals surface area contributed by atoms with Crippen molar-refractivity contribution in [2.24, 2.45) is 0 Å². The van der Waals surface area contributed by atoms with E-state index in [4.69, 9.17) is 4.42 Å². The van der Waals surface area contributed by atoms with Crippen LogP contribution >= 0.6 is 0 Å². The summed E-state index contributed by atoms with van der Waals surface area (Å²) in [4.78, 5) is 0. The zero-order valence-corrected chi connectivity index (χ0v) is 13.2. The summed E-state index contributed by atoms with van der Waals surface area (Å²) in [5, 5.41) is 18.6. The Morgan fingerprint density at radius 1 is 0.958 bits per heavy atom. The van der Waals surface area contributed by atoms with E-state index in [0.29, 0.717) is 22.7 Å². The number of hydrogen-bond donors (Lipinski definition) is 0. The van der Waals surface area contributed by atoms with Crippen LogP contribution in [0.4, 0.5) is 0 Å². The van der Waals surface area contributed by atoms with Gasteiger partial charge in [-0.3, -0.25) is 0 Å². The lowest BCUT2D eigenvalue weighted by Gasteiger charge is -2.00. The van der Waals surface area contributed by atoms with Crippen LogP contribution in [0.3, 0.4) is 0 Å². The Morgan fingerprint density at radius 2 is 1.71 bits per heavy atom. The first-order chi connectivity index (χ1) is 11.7. The van der Waals surface area contributed by atoms with Crippen molar-refractivity contribution in [1.29, 1.82) is 10.5 Å². The summed E-state index contributed by atoms with van der Waals surface area (Å²) in [6.45, 7) is 2.00. The molecule has 114 valence electrons. The Labute approximate surface area is 140 Å². The van der Waals surface area contributed by atoms with E-state index < -0.39 is 0 Å². The van der Waals surface area contributed by atoms with Gasteiger partial charge in [0.15, 0.2) is 0 Å². The average molecular weight is 310 g/mol. The third-order valence-electron chi connectivity index (χ3n) is 3.71. The van der Waals surface area contributed by atoms with Crippen LogP contribution in [-0.2, 0) is 0 Å². The molecule has 1 aromatic heterocycles. The number of nitriles is 2. The van der Waals surface area contributed by atoms with Gasteiger partial charge in [0.2, 0.25) is 0 Å². The van der Waals surface area contributed by atoms with E-state index >= 15 is 0 Å². The molecule has 0 saturated heterocycles. The van der Waals surface area contributed by atoms with E-state index in [1.165, 1.54) is 0 Å². The van der Waals surface area contributed by atoms with Gasteiger partial charge >= 0.3 is 0 Å². The van der Waals surface area contributed by atoms with Crippen molar-refractivity contribution < 1.29 is 4.42 Å². The van der Waals surface area contributed by atoms with Gasteiger partial charge in [-0.15, -0.1) is 0 Å². The number of allylic oxidation sites excluding steroid dienone is 1. The van der Waals surface area contributed by atoms with Crippen LogP contribution in [0.1, 0.15) is 22.5 Å². The normalized spacial score (nSPS) is 10.9. The van der Waals surface area contributed by atoms with Crippen molar-refractivity contribution in [2.75, 3.05) is 0 Å². The summed E-state index contributed by atoms with van der Waals surface area (Å²) < 4.78 is 5.81. The molecule has 0 atom stereocenters. The minimum absolute atomic E-state index is 0.532. The summed E-state index contributed by atoms with van der Waals surface area (Å²) in [5.41, 5.74) is 3.82. The molecule has 3 rings (SSSR count). The van der Waals surface area contributed by atoms with E-state index in [-0.39, 0.29) is 0 Å². The second-order valence-corrected chi connectivity index (χ2v) is 5.40. The van der Waals surface area contributed by atoms with Crippen LogP contribution in [0.2, 0.25) is 0 Å². The van der Waals surface area contributed by atoms with Crippen molar-refractivity contribution in [1.82, 2.24) is 0 Å². The predicted molar refractivity (Wildman–Crippen MR) is 93.5 cm³/mol. The number of hydrogen-bond acceptors (Lipinski definition) is 3. The molecule has 3 aromatic rings. The Morgan fingerprint density at radius 3 is 2.42 bits per heavy atom. The molecule has 0 fully saturated rings. The molecule has 0 aliphatic heterocycles. The van der Waals surface area contributed by atoms with Crippen molar-refractivity contribution in [3.63, 3.8) is 0 Å². The van der Waals surface area contributed by atoms with Gasteiger partial charge in [-0.1, -0.05) is 42.0 Å². The van der Waals surface area contributed by atoms with E-state index in [1.807, 2.05) is 55.5 Å². The van der Waals surface area contributed by atoms with E-state index in [0.717, 1.165) is 16.7 Å². The molecular weight excluding hydrogens is 296 g/mol. The van der Waals surface area contributed by atoms with Crippen LogP contribution in [0.15, 0.2) is 65.1 Å². The smallest absolute Gasteiger partial charge is 0.136 e. The number of aryl methyl sites for hydroxylation is 1. The molecular formula is C21H14N2O. The van der Waals surface area contributed by atoms with Crippen LogP contribution in [0, 0.1) is 29.6 Å². The van der Waals surface area contributed by atoms with Gasteiger partial charge in [0.05, 0.1) is 23.3 Å². The maximum atomic E-state index is 9.41. The molecule has 3 nitrogen and oxygen atoms in total. The highest BCUT2D eigenvalue weighted by atomic mass is 16.3. The lowest BCUT2D eigenvalue weighted by molar-refractivity contribution is 0.572. The molecule has 3 heteroatoms. The van der Waals surface area contributed by atoms with Crippen LogP contribution in [0.25, 0.3) is 23.0 Å². The van der Waals surface area contributed by atoms with E-state index in [9.17, 15) is 10.5 Å². The highest BCUT2D eigenvalue weighted by Crippen LogP contribution is 2.27. The SMILES string of the molecule is Cc1ccc(/C(C#N)=C\c2ccc(-c3ccccc3C#N)o2)cc1. The predicted octanol–water partition coefficient (Wildman–Crippen LogP) is 5.19. The maximum absolute atomic E-state index is 9.41. The summed E-state index contributed by atoms with van der Waals surface area (Å²) >= 11 is 0. The number of benzene rings is 2. The van der Waals surface area contributed by atoms with Gasteiger partial charge in [0.1, 0.15) is 11.5 Å². The zero-order chi connectivity index (χ0) is 16.9. The highest BCUT2D eigenvalue weighted by Gasteiger charge is 2.09. The first kappa shape index (κ1) is 15.3. The van der Waals surface area contributed by atoms with Gasteiger partial charge in [-0.05, 0) is 42.8 Å². The molecule has 1 heterocycles. The zero-order valence-electron chi connectivity index (χ0n) is 13.2. The minimum atomic E-state index is 0.532. The quantitative estimate of drug-likeness (QED) is 0.625. The minimum Gasteiger partial charge on any atom is -0.457 e. The Kier molecular flexibility index (Phi) is 4.27. The molecule has 24 heavy (non-hydrogen) atoms. The first-order valence-corrected chi connectivity index (χ1v) is 7.49. The van der Waals surface area contributed by atoms with Crippen molar-refractivity contribution >= 4 is 11.6 Å². The molecule has 0 aliphatic rings. The van der Waals surface area contributed by atoms with Gasteiger partial charge in [-0.2, -0.15) is 10.5 Å². The lowest BCUT2D eigenvalue weighted by atomic mass is 10.0. The molecule has 0 bridgehead atoms. The lowest BCUT2D eigenvalue weighted by Crippen LogP contribution is -1.82. The molecule has 0 spiro atoms. The Balaban J connectivity index is 1.97. The molecule has 0 saturated carbocycles. The Hall–Kier alpha value is -3.56. The number of furan rings is 1. The third-order valence-corrected chi connectivity index (χ3v) is 3.71. The van der Waals surface area contributed by atoms with E-state index in [1.54, 1.807) is 18.2 Å². The summed E-state index contributed by atoms with van der Waals surface area (Å²) in [6, 6.07) is 23.0. The summed E-state index contributed by atoms with van der Waals surface area (Å²) in [5.74, 6) is 1.19. The van der Waals surface area contributed by atoms with Crippen LogP contribution in [0.5, 0.6) is 0 Å². The van der Waals surface area contributed by atoms with Crippen molar-refractivity contribution in [3.8, 4) is 23.5 Å². The van der Waals surface area contributed by atoms with Gasteiger partial charge < -0.3 is 4.42 Å². The maximum Gasteiger partial charge on any atom is 0.136 e. The fourth-order valence-electron chi connectivity index (χ4n) is 2.43. The fourth-order valence-corrected chi connectivity index (χ4v) is 2.43. The monoisotopic (exact) mass is 310 g/mol. The second kappa shape index (κ2) is 6.69. The molecule has 0 N–H and O–H groups in total. The average Bonchev–Trinajstić information content (AvgIpc) is 3.09. The Bertz CT molecular complexity index is 980. The van der Waals surface area contributed by atoms with Crippen molar-refractivity contribution in [3.05, 3.63) is 83.1 Å². The standard InChI is InChI=1S/C21H14N2O/c1-15-6-8-16(9-7-15)18(14-23)12-19-10-11-21(24-19)20-5-3-2-4-17(20)13-22/h2-12H,1H3/b18-12-. The third kappa shape index (κ3) is 3.11. The number of nitrogens with zero attached hydrogens (tertiary/aromatic N) is 2. The van der Waals surface area contributed by atoms with Crippen molar-refractivity contribution in [2.45, 2.75) is 6.92 Å².